The molecule has 5 heteroatoms. The smallest absolute Gasteiger partial charge is 0.223 e. The predicted molar refractivity (Wildman–Crippen MR) is 104 cm³/mol. The van der Waals surface area contributed by atoms with Gasteiger partial charge < -0.3 is 10.6 Å². The molecule has 1 atom stereocenters. The SMILES string of the molecule is Cl.Nc1ccccc1CCC(=O)N1CCCC1c1cccc(Br)c1. The first-order chi connectivity index (χ1) is 11.1. The Morgan fingerprint density at radius 3 is 2.75 bits per heavy atom. The van der Waals surface area contributed by atoms with Gasteiger partial charge in [0, 0.05) is 23.1 Å². The number of nitrogens with zero attached hydrogens (tertiary/aromatic N) is 1. The summed E-state index contributed by atoms with van der Waals surface area (Å²) in [4.78, 5) is 14.7. The summed E-state index contributed by atoms with van der Waals surface area (Å²) < 4.78 is 1.06. The van der Waals surface area contributed by atoms with Crippen LogP contribution in [0.3, 0.4) is 0 Å². The molecule has 0 bridgehead atoms. The average Bonchev–Trinajstić information content (AvgIpc) is 3.03. The van der Waals surface area contributed by atoms with E-state index in [0.717, 1.165) is 35.1 Å². The Balaban J connectivity index is 0.00000208. The molecule has 2 aromatic carbocycles. The third kappa shape index (κ3) is 4.31. The molecule has 1 fully saturated rings. The largest absolute Gasteiger partial charge is 0.399 e. The zero-order valence-electron chi connectivity index (χ0n) is 13.5. The number of nitrogen functional groups attached to an aromatic ring is 1. The minimum absolute atomic E-state index is 0. The average molecular weight is 410 g/mol. The first-order valence-corrected chi connectivity index (χ1v) is 8.83. The molecule has 0 aliphatic carbocycles. The maximum Gasteiger partial charge on any atom is 0.223 e. The number of hydrogen-bond donors (Lipinski definition) is 1. The highest BCUT2D eigenvalue weighted by Gasteiger charge is 2.29. The molecular formula is C19H22BrClN2O. The highest BCUT2D eigenvalue weighted by molar-refractivity contribution is 9.10. The Morgan fingerprint density at radius 2 is 2.00 bits per heavy atom. The number of rotatable bonds is 4. The molecule has 1 amide bonds. The van der Waals surface area contributed by atoms with Crippen LogP contribution in [0.2, 0.25) is 0 Å². The van der Waals surface area contributed by atoms with Crippen LogP contribution < -0.4 is 5.73 Å². The zero-order valence-corrected chi connectivity index (χ0v) is 15.9. The lowest BCUT2D eigenvalue weighted by Crippen LogP contribution is -2.30. The van der Waals surface area contributed by atoms with Gasteiger partial charge in [0.2, 0.25) is 5.91 Å². The number of hydrogen-bond acceptors (Lipinski definition) is 2. The first-order valence-electron chi connectivity index (χ1n) is 8.03. The summed E-state index contributed by atoms with van der Waals surface area (Å²) in [6, 6.07) is 16.3. The normalized spacial score (nSPS) is 16.7. The van der Waals surface area contributed by atoms with Crippen molar-refractivity contribution < 1.29 is 4.79 Å². The molecule has 0 saturated carbocycles. The van der Waals surface area contributed by atoms with Gasteiger partial charge in [-0.1, -0.05) is 46.3 Å². The molecule has 128 valence electrons. The Morgan fingerprint density at radius 1 is 1.21 bits per heavy atom. The van der Waals surface area contributed by atoms with Crippen molar-refractivity contribution in [2.45, 2.75) is 31.7 Å². The summed E-state index contributed by atoms with van der Waals surface area (Å²) in [5.74, 6) is 0.218. The third-order valence-corrected chi connectivity index (χ3v) is 4.96. The van der Waals surface area contributed by atoms with Gasteiger partial charge in [0.25, 0.3) is 0 Å². The van der Waals surface area contributed by atoms with Crippen molar-refractivity contribution in [1.29, 1.82) is 0 Å². The van der Waals surface area contributed by atoms with Crippen LogP contribution in [0.1, 0.15) is 36.4 Å². The molecule has 0 spiro atoms. The molecule has 1 aliphatic heterocycles. The van der Waals surface area contributed by atoms with Crippen molar-refractivity contribution in [1.82, 2.24) is 4.90 Å². The lowest BCUT2D eigenvalue weighted by molar-refractivity contribution is -0.132. The lowest BCUT2D eigenvalue weighted by Gasteiger charge is -2.25. The monoisotopic (exact) mass is 408 g/mol. The number of carbonyl (C=O) groups is 1. The fraction of sp³-hybridized carbons (Fsp3) is 0.316. The van der Waals surface area contributed by atoms with Crippen LogP contribution in [0.5, 0.6) is 0 Å². The summed E-state index contributed by atoms with van der Waals surface area (Å²) in [7, 11) is 0. The number of amides is 1. The van der Waals surface area contributed by atoms with Crippen LogP contribution >= 0.6 is 28.3 Å². The molecular weight excluding hydrogens is 388 g/mol. The van der Waals surface area contributed by atoms with Gasteiger partial charge in [-0.2, -0.15) is 0 Å². The van der Waals surface area contributed by atoms with Crippen LogP contribution in [0.25, 0.3) is 0 Å². The molecule has 1 aliphatic rings. The minimum Gasteiger partial charge on any atom is -0.399 e. The second-order valence-corrected chi connectivity index (χ2v) is 6.91. The molecule has 1 heterocycles. The van der Waals surface area contributed by atoms with E-state index in [4.69, 9.17) is 5.73 Å². The number of carbonyl (C=O) groups excluding carboxylic acids is 1. The molecule has 1 unspecified atom stereocenters. The van der Waals surface area contributed by atoms with E-state index in [1.54, 1.807) is 0 Å². The van der Waals surface area contributed by atoms with Gasteiger partial charge in [-0.3, -0.25) is 4.79 Å². The fourth-order valence-electron chi connectivity index (χ4n) is 3.27. The number of anilines is 1. The van der Waals surface area contributed by atoms with Crippen LogP contribution in [0.15, 0.2) is 53.0 Å². The van der Waals surface area contributed by atoms with Crippen molar-refractivity contribution in [2.75, 3.05) is 12.3 Å². The lowest BCUT2D eigenvalue weighted by atomic mass is 10.0. The van der Waals surface area contributed by atoms with E-state index in [2.05, 4.69) is 28.1 Å². The number of para-hydroxylation sites is 1. The zero-order chi connectivity index (χ0) is 16.2. The quantitative estimate of drug-likeness (QED) is 0.741. The van der Waals surface area contributed by atoms with Crippen molar-refractivity contribution in [3.63, 3.8) is 0 Å². The van der Waals surface area contributed by atoms with E-state index < -0.39 is 0 Å². The Labute approximate surface area is 157 Å². The molecule has 3 nitrogen and oxygen atoms in total. The number of nitrogens with two attached hydrogens (primary N) is 1. The van der Waals surface area contributed by atoms with E-state index >= 15 is 0 Å². The highest BCUT2D eigenvalue weighted by Crippen LogP contribution is 2.33. The summed E-state index contributed by atoms with van der Waals surface area (Å²) in [6.45, 7) is 0.848. The van der Waals surface area contributed by atoms with Gasteiger partial charge in [-0.15, -0.1) is 12.4 Å². The van der Waals surface area contributed by atoms with Crippen molar-refractivity contribution in [3.8, 4) is 0 Å². The minimum atomic E-state index is 0. The van der Waals surface area contributed by atoms with Gasteiger partial charge in [0.15, 0.2) is 0 Å². The van der Waals surface area contributed by atoms with Gasteiger partial charge in [0.1, 0.15) is 0 Å². The summed E-state index contributed by atoms with van der Waals surface area (Å²) in [5.41, 5.74) is 9.00. The Hall–Kier alpha value is -1.52. The molecule has 24 heavy (non-hydrogen) atoms. The Kier molecular flexibility index (Phi) is 6.69. The fourth-order valence-corrected chi connectivity index (χ4v) is 3.69. The molecule has 3 rings (SSSR count). The van der Waals surface area contributed by atoms with Crippen LogP contribution in [0, 0.1) is 0 Å². The summed E-state index contributed by atoms with van der Waals surface area (Å²) in [6.07, 6.45) is 3.32. The van der Waals surface area contributed by atoms with E-state index in [-0.39, 0.29) is 24.4 Å². The van der Waals surface area contributed by atoms with Crippen molar-refractivity contribution in [2.24, 2.45) is 0 Å². The molecule has 2 aromatic rings. The second kappa shape index (κ2) is 8.54. The van der Waals surface area contributed by atoms with Gasteiger partial charge in [-0.05, 0) is 48.6 Å². The van der Waals surface area contributed by atoms with Gasteiger partial charge in [0.05, 0.1) is 6.04 Å². The third-order valence-electron chi connectivity index (χ3n) is 4.47. The van der Waals surface area contributed by atoms with E-state index in [0.29, 0.717) is 12.8 Å². The predicted octanol–water partition coefficient (Wildman–Crippen LogP) is 4.75. The standard InChI is InChI=1S/C19H21BrN2O.ClH/c20-16-7-3-6-15(13-16)18-9-4-12-22(18)19(23)11-10-14-5-1-2-8-17(14)21;/h1-3,5-8,13,18H,4,9-12,21H2;1H. The number of aryl methyl sites for hydroxylation is 1. The van der Waals surface area contributed by atoms with E-state index in [9.17, 15) is 4.79 Å². The first kappa shape index (κ1) is 18.8. The molecule has 1 saturated heterocycles. The molecule has 0 aromatic heterocycles. The van der Waals surface area contributed by atoms with Crippen LogP contribution in [0.4, 0.5) is 5.69 Å². The highest BCUT2D eigenvalue weighted by atomic mass is 79.9. The van der Waals surface area contributed by atoms with Gasteiger partial charge in [-0.25, -0.2) is 0 Å². The Bertz CT molecular complexity index is 707. The number of likely N-dealkylation sites (tertiary alicyclic amines) is 1. The number of benzene rings is 2. The van der Waals surface area contributed by atoms with Crippen LogP contribution in [-0.2, 0) is 11.2 Å². The van der Waals surface area contributed by atoms with Crippen LogP contribution in [-0.4, -0.2) is 17.4 Å². The van der Waals surface area contributed by atoms with E-state index in [1.807, 2.05) is 41.3 Å². The molecule has 0 radical (unpaired) electrons. The summed E-state index contributed by atoms with van der Waals surface area (Å²) >= 11 is 3.52. The maximum absolute atomic E-state index is 12.7. The number of halogens is 2. The maximum atomic E-state index is 12.7. The van der Waals surface area contributed by atoms with Crippen molar-refractivity contribution in [3.05, 3.63) is 64.1 Å². The summed E-state index contributed by atoms with van der Waals surface area (Å²) in [5, 5.41) is 0. The van der Waals surface area contributed by atoms with E-state index in [1.165, 1.54) is 5.56 Å². The second-order valence-electron chi connectivity index (χ2n) is 6.00. The van der Waals surface area contributed by atoms with Gasteiger partial charge >= 0.3 is 0 Å². The topological polar surface area (TPSA) is 46.3 Å². The molecule has 2 N–H and O–H groups in total. The van der Waals surface area contributed by atoms with Crippen molar-refractivity contribution >= 4 is 39.9 Å².